The largest absolute Gasteiger partial charge is 0.309 e. The highest BCUT2D eigenvalue weighted by Crippen LogP contribution is 2.48. The molecule has 258 valence electrons. The smallest absolute Gasteiger partial charge is 0.0640 e. The molecule has 0 atom stereocenters. The zero-order valence-electron chi connectivity index (χ0n) is 29.8. The number of benzene rings is 9. The number of anilines is 3. The second kappa shape index (κ2) is 13.1. The molecule has 0 fully saturated rings. The van der Waals surface area contributed by atoms with Gasteiger partial charge in [0, 0.05) is 47.0 Å². The molecule has 0 aliphatic carbocycles. The van der Waals surface area contributed by atoms with Gasteiger partial charge in [-0.15, -0.1) is 22.7 Å². The van der Waals surface area contributed by atoms with E-state index in [2.05, 4.69) is 205 Å². The van der Waals surface area contributed by atoms with Gasteiger partial charge < -0.3 is 4.90 Å². The Hall–Kier alpha value is -6.52. The third-order valence-corrected chi connectivity index (χ3v) is 13.2. The Morgan fingerprint density at radius 3 is 1.75 bits per heavy atom. The predicted octanol–water partition coefficient (Wildman–Crippen LogP) is 16.0. The Kier molecular flexibility index (Phi) is 7.61. The summed E-state index contributed by atoms with van der Waals surface area (Å²) in [5.41, 5.74) is 10.7. The molecule has 0 aliphatic rings. The lowest BCUT2D eigenvalue weighted by molar-refractivity contribution is 1.30. The highest BCUT2D eigenvalue weighted by Gasteiger charge is 2.21. The average Bonchev–Trinajstić information content (AvgIpc) is 3.83. The molecule has 0 saturated heterocycles. The first-order valence-electron chi connectivity index (χ1n) is 18.7. The normalized spacial score (nSPS) is 11.6. The maximum atomic E-state index is 2.46. The monoisotopic (exact) mass is 735 g/mol. The highest BCUT2D eigenvalue weighted by molar-refractivity contribution is 7.26. The lowest BCUT2D eigenvalue weighted by Gasteiger charge is -2.27. The first-order valence-corrected chi connectivity index (χ1v) is 20.3. The van der Waals surface area contributed by atoms with E-state index in [1.807, 2.05) is 22.7 Å². The van der Waals surface area contributed by atoms with Crippen molar-refractivity contribution < 1.29 is 0 Å². The first kappa shape index (κ1) is 32.0. The van der Waals surface area contributed by atoms with Crippen molar-refractivity contribution in [1.82, 2.24) is 0 Å². The van der Waals surface area contributed by atoms with Gasteiger partial charge in [-0.3, -0.25) is 0 Å². The van der Waals surface area contributed by atoms with Gasteiger partial charge in [0.25, 0.3) is 0 Å². The van der Waals surface area contributed by atoms with Crippen LogP contribution in [0.1, 0.15) is 0 Å². The summed E-state index contributed by atoms with van der Waals surface area (Å²) < 4.78 is 5.21. The van der Waals surface area contributed by atoms with E-state index in [4.69, 9.17) is 0 Å². The Balaban J connectivity index is 1.17. The molecule has 0 saturated carbocycles. The molecule has 11 aromatic rings. The quantitative estimate of drug-likeness (QED) is 0.164. The third kappa shape index (κ3) is 5.43. The summed E-state index contributed by atoms with van der Waals surface area (Å²) in [6.07, 6.45) is 0. The van der Waals surface area contributed by atoms with E-state index in [0.29, 0.717) is 0 Å². The molecule has 0 N–H and O–H groups in total. The van der Waals surface area contributed by atoms with Crippen LogP contribution >= 0.6 is 22.7 Å². The van der Waals surface area contributed by atoms with Crippen LogP contribution in [0.4, 0.5) is 17.1 Å². The van der Waals surface area contributed by atoms with Crippen LogP contribution in [-0.2, 0) is 0 Å². The van der Waals surface area contributed by atoms with Crippen molar-refractivity contribution in [2.24, 2.45) is 0 Å². The second-order valence-corrected chi connectivity index (χ2v) is 16.2. The van der Waals surface area contributed by atoms with Crippen molar-refractivity contribution in [3.05, 3.63) is 200 Å². The van der Waals surface area contributed by atoms with Crippen LogP contribution in [0.3, 0.4) is 0 Å². The Bertz CT molecular complexity index is 3200. The van der Waals surface area contributed by atoms with Crippen molar-refractivity contribution in [2.75, 3.05) is 4.90 Å². The summed E-state index contributed by atoms with van der Waals surface area (Å²) in [6.45, 7) is 0. The van der Waals surface area contributed by atoms with Crippen LogP contribution in [0, 0.1) is 0 Å². The minimum absolute atomic E-state index is 1.12. The molecule has 2 heterocycles. The Morgan fingerprint density at radius 1 is 0.309 bits per heavy atom. The summed E-state index contributed by atoms with van der Waals surface area (Å²) in [5, 5.41) is 7.69. The van der Waals surface area contributed by atoms with E-state index in [9.17, 15) is 0 Å². The van der Waals surface area contributed by atoms with Gasteiger partial charge in [0.2, 0.25) is 0 Å². The van der Waals surface area contributed by atoms with E-state index < -0.39 is 0 Å². The molecule has 2 aromatic heterocycles. The standard InChI is InChI=1S/C52H33NS2/c1-2-12-34(13-3-1)35-24-27-38(28-25-35)53(48-21-11-20-45-43-17-6-9-23-50(43)55-52(45)48)39-29-30-42(41-19-10-15-36-14-4-5-16-40(36)41)46(33-39)37-26-31-51-47(32-37)44-18-7-8-22-49(44)54-51/h1-33H. The molecule has 1 nitrogen and oxygen atoms in total. The molecule has 0 spiro atoms. The van der Waals surface area contributed by atoms with Crippen molar-refractivity contribution >= 4 is 90.9 Å². The number of rotatable bonds is 6. The number of nitrogens with zero attached hydrogens (tertiary/aromatic N) is 1. The fourth-order valence-corrected chi connectivity index (χ4v) is 10.6. The summed E-state index contributed by atoms with van der Waals surface area (Å²) in [5.74, 6) is 0. The first-order chi connectivity index (χ1) is 27.3. The fourth-order valence-electron chi connectivity index (χ4n) is 8.27. The molecule has 0 amide bonds. The van der Waals surface area contributed by atoms with Crippen molar-refractivity contribution in [1.29, 1.82) is 0 Å². The van der Waals surface area contributed by atoms with Crippen LogP contribution in [0.2, 0.25) is 0 Å². The molecular formula is C52H33NS2. The number of hydrogen-bond donors (Lipinski definition) is 0. The SMILES string of the molecule is c1ccc(-c2ccc(N(c3ccc(-c4cccc5ccccc45)c(-c4ccc5sc6ccccc6c5c4)c3)c3cccc4c3sc3ccccc34)cc2)cc1. The minimum atomic E-state index is 1.12. The van der Waals surface area contributed by atoms with E-state index in [1.54, 1.807) is 0 Å². The van der Waals surface area contributed by atoms with Gasteiger partial charge in [0.15, 0.2) is 0 Å². The predicted molar refractivity (Wildman–Crippen MR) is 241 cm³/mol. The maximum Gasteiger partial charge on any atom is 0.0640 e. The van der Waals surface area contributed by atoms with Crippen molar-refractivity contribution in [3.63, 3.8) is 0 Å². The van der Waals surface area contributed by atoms with Gasteiger partial charge in [0.1, 0.15) is 0 Å². The van der Waals surface area contributed by atoms with E-state index >= 15 is 0 Å². The summed E-state index contributed by atoms with van der Waals surface area (Å²) in [7, 11) is 0. The molecular weight excluding hydrogens is 703 g/mol. The molecule has 3 heteroatoms. The molecule has 0 radical (unpaired) electrons. The topological polar surface area (TPSA) is 3.24 Å². The maximum absolute atomic E-state index is 2.46. The van der Waals surface area contributed by atoms with Crippen LogP contribution in [-0.4, -0.2) is 0 Å². The third-order valence-electron chi connectivity index (χ3n) is 10.9. The lowest BCUT2D eigenvalue weighted by Crippen LogP contribution is -2.10. The highest BCUT2D eigenvalue weighted by atomic mass is 32.1. The lowest BCUT2D eigenvalue weighted by atomic mass is 9.90. The zero-order chi connectivity index (χ0) is 36.3. The fraction of sp³-hybridized carbons (Fsp3) is 0. The molecule has 0 bridgehead atoms. The number of fused-ring (bicyclic) bond motifs is 7. The van der Waals surface area contributed by atoms with Gasteiger partial charge in [-0.2, -0.15) is 0 Å². The van der Waals surface area contributed by atoms with E-state index in [-0.39, 0.29) is 0 Å². The van der Waals surface area contributed by atoms with Crippen LogP contribution in [0.25, 0.3) is 84.5 Å². The summed E-state index contributed by atoms with van der Waals surface area (Å²) in [4.78, 5) is 2.46. The van der Waals surface area contributed by atoms with Crippen molar-refractivity contribution in [2.45, 2.75) is 0 Å². The van der Waals surface area contributed by atoms with Gasteiger partial charge in [-0.25, -0.2) is 0 Å². The molecule has 11 rings (SSSR count). The van der Waals surface area contributed by atoms with Gasteiger partial charge >= 0.3 is 0 Å². The van der Waals surface area contributed by atoms with Crippen LogP contribution in [0.5, 0.6) is 0 Å². The molecule has 0 aliphatic heterocycles. The minimum Gasteiger partial charge on any atom is -0.309 e. The summed E-state index contributed by atoms with van der Waals surface area (Å²) in [6, 6.07) is 73.5. The van der Waals surface area contributed by atoms with Crippen LogP contribution < -0.4 is 4.90 Å². The van der Waals surface area contributed by atoms with E-state index in [1.165, 1.54) is 90.2 Å². The second-order valence-electron chi connectivity index (χ2n) is 14.1. The number of thiophene rings is 2. The van der Waals surface area contributed by atoms with Gasteiger partial charge in [-0.05, 0) is 98.8 Å². The number of hydrogen-bond acceptors (Lipinski definition) is 3. The Labute approximate surface area is 327 Å². The van der Waals surface area contributed by atoms with Gasteiger partial charge in [-0.1, -0.05) is 146 Å². The summed E-state index contributed by atoms with van der Waals surface area (Å²) >= 11 is 3.74. The zero-order valence-corrected chi connectivity index (χ0v) is 31.4. The van der Waals surface area contributed by atoms with Crippen molar-refractivity contribution in [3.8, 4) is 33.4 Å². The molecule has 55 heavy (non-hydrogen) atoms. The average molecular weight is 736 g/mol. The van der Waals surface area contributed by atoms with E-state index in [0.717, 1.165) is 11.4 Å². The Morgan fingerprint density at radius 2 is 0.909 bits per heavy atom. The van der Waals surface area contributed by atoms with Crippen LogP contribution in [0.15, 0.2) is 200 Å². The molecule has 9 aromatic carbocycles. The molecule has 0 unspecified atom stereocenters. The van der Waals surface area contributed by atoms with Gasteiger partial charge in [0.05, 0.1) is 10.4 Å².